The zero-order valence-corrected chi connectivity index (χ0v) is 16.1. The Morgan fingerprint density at radius 3 is 2.43 bits per heavy atom. The summed E-state index contributed by atoms with van der Waals surface area (Å²) in [4.78, 5) is 41.0. The molecule has 1 aromatic rings. The Morgan fingerprint density at radius 2 is 1.82 bits per heavy atom. The highest BCUT2D eigenvalue weighted by Gasteiger charge is 2.43. The molecule has 148 valence electrons. The van der Waals surface area contributed by atoms with Gasteiger partial charge in [-0.25, -0.2) is 0 Å². The second-order valence-corrected chi connectivity index (χ2v) is 7.53. The summed E-state index contributed by atoms with van der Waals surface area (Å²) in [5.41, 5.74) is 2.32. The molecule has 0 bridgehead atoms. The van der Waals surface area contributed by atoms with Crippen LogP contribution in [0.3, 0.4) is 0 Å². The predicted octanol–water partition coefficient (Wildman–Crippen LogP) is 2.00. The van der Waals surface area contributed by atoms with Crippen molar-refractivity contribution in [3.05, 3.63) is 35.5 Å². The van der Waals surface area contributed by atoms with Crippen LogP contribution >= 0.6 is 0 Å². The quantitative estimate of drug-likeness (QED) is 0.787. The largest absolute Gasteiger partial charge is 0.376 e. The maximum absolute atomic E-state index is 13.2. The molecule has 0 aromatic heterocycles. The van der Waals surface area contributed by atoms with Crippen molar-refractivity contribution in [1.82, 2.24) is 9.80 Å². The molecular formula is C21H25N3O4. The van der Waals surface area contributed by atoms with Gasteiger partial charge in [-0.3, -0.25) is 19.3 Å². The van der Waals surface area contributed by atoms with Crippen molar-refractivity contribution in [1.29, 1.82) is 0 Å². The summed E-state index contributed by atoms with van der Waals surface area (Å²) >= 11 is 0. The number of nitrogens with one attached hydrogen (secondary N) is 1. The van der Waals surface area contributed by atoms with Crippen molar-refractivity contribution in [3.8, 4) is 0 Å². The van der Waals surface area contributed by atoms with Gasteiger partial charge in [0.25, 0.3) is 11.8 Å². The summed E-state index contributed by atoms with van der Waals surface area (Å²) in [6, 6.07) is 7.09. The van der Waals surface area contributed by atoms with Gasteiger partial charge >= 0.3 is 0 Å². The van der Waals surface area contributed by atoms with E-state index in [0.717, 1.165) is 38.8 Å². The second-order valence-electron chi connectivity index (χ2n) is 7.53. The van der Waals surface area contributed by atoms with E-state index in [2.05, 4.69) is 5.32 Å². The van der Waals surface area contributed by atoms with Crippen molar-refractivity contribution >= 4 is 29.0 Å². The number of benzene rings is 1. The summed E-state index contributed by atoms with van der Waals surface area (Å²) in [5.74, 6) is -0.627. The first-order chi connectivity index (χ1) is 13.5. The topological polar surface area (TPSA) is 79.0 Å². The van der Waals surface area contributed by atoms with E-state index < -0.39 is 0 Å². The monoisotopic (exact) mass is 383 g/mol. The predicted molar refractivity (Wildman–Crippen MR) is 104 cm³/mol. The van der Waals surface area contributed by atoms with Crippen molar-refractivity contribution in [2.24, 2.45) is 0 Å². The van der Waals surface area contributed by atoms with Gasteiger partial charge in [-0.2, -0.15) is 0 Å². The average Bonchev–Trinajstić information content (AvgIpc) is 3.40. The minimum atomic E-state index is -0.255. The van der Waals surface area contributed by atoms with Crippen LogP contribution in [0.4, 0.5) is 5.69 Å². The molecule has 1 N–H and O–H groups in total. The highest BCUT2D eigenvalue weighted by Crippen LogP contribution is 2.34. The highest BCUT2D eigenvalue weighted by molar-refractivity contribution is 6.35. The molecule has 0 saturated carbocycles. The van der Waals surface area contributed by atoms with E-state index in [1.54, 1.807) is 24.3 Å². The van der Waals surface area contributed by atoms with Crippen LogP contribution in [-0.2, 0) is 19.1 Å². The standard InChI is InChI=1S/C21H25N3O4/c1-14(25)22-16-8-6-15(7-9-16)18-19(23-10-2-3-11-23)21(27)24(20(18)26)13-17-5-4-12-28-17/h6-9,17H,2-5,10-13H2,1H3,(H,22,25). The Morgan fingerprint density at radius 1 is 1.11 bits per heavy atom. The van der Waals surface area contributed by atoms with Crippen molar-refractivity contribution < 1.29 is 19.1 Å². The summed E-state index contributed by atoms with van der Waals surface area (Å²) in [7, 11) is 0. The Labute approximate surface area is 164 Å². The van der Waals surface area contributed by atoms with E-state index in [1.807, 2.05) is 4.90 Å². The molecule has 2 fully saturated rings. The first-order valence-electron chi connectivity index (χ1n) is 9.89. The first-order valence-corrected chi connectivity index (χ1v) is 9.89. The van der Waals surface area contributed by atoms with Crippen LogP contribution in [0, 0.1) is 0 Å². The van der Waals surface area contributed by atoms with E-state index in [9.17, 15) is 14.4 Å². The number of nitrogens with zero attached hydrogens (tertiary/aromatic N) is 2. The first kappa shape index (κ1) is 18.7. The Bertz CT molecular complexity index is 819. The lowest BCUT2D eigenvalue weighted by Crippen LogP contribution is -2.39. The van der Waals surface area contributed by atoms with Crippen molar-refractivity contribution in [2.45, 2.75) is 38.7 Å². The smallest absolute Gasteiger partial charge is 0.277 e. The van der Waals surface area contributed by atoms with Crippen LogP contribution in [0.25, 0.3) is 5.57 Å². The van der Waals surface area contributed by atoms with Crippen LogP contribution < -0.4 is 5.32 Å². The molecule has 1 aromatic carbocycles. The molecule has 3 aliphatic heterocycles. The number of anilines is 1. The summed E-state index contributed by atoms with van der Waals surface area (Å²) < 4.78 is 5.65. The van der Waals surface area contributed by atoms with Gasteiger partial charge in [0, 0.05) is 32.3 Å². The Kier molecular flexibility index (Phi) is 5.17. The van der Waals surface area contributed by atoms with Crippen LogP contribution in [0.5, 0.6) is 0 Å². The summed E-state index contributed by atoms with van der Waals surface area (Å²) in [6.07, 6.45) is 3.80. The molecule has 3 amide bonds. The van der Waals surface area contributed by atoms with Crippen LogP contribution in [0.15, 0.2) is 30.0 Å². The van der Waals surface area contributed by atoms with Gasteiger partial charge in [0.2, 0.25) is 5.91 Å². The van der Waals surface area contributed by atoms with E-state index in [0.29, 0.717) is 35.7 Å². The third-order valence-corrected chi connectivity index (χ3v) is 5.47. The van der Waals surface area contributed by atoms with Gasteiger partial charge in [-0.15, -0.1) is 0 Å². The number of amides is 3. The maximum Gasteiger partial charge on any atom is 0.277 e. The van der Waals surface area contributed by atoms with E-state index in [-0.39, 0.29) is 23.8 Å². The molecular weight excluding hydrogens is 358 g/mol. The van der Waals surface area contributed by atoms with E-state index in [1.165, 1.54) is 11.8 Å². The molecule has 28 heavy (non-hydrogen) atoms. The number of ether oxygens (including phenoxy) is 1. The maximum atomic E-state index is 13.2. The molecule has 7 nitrogen and oxygen atoms in total. The third kappa shape index (κ3) is 3.54. The molecule has 0 aliphatic carbocycles. The summed E-state index contributed by atoms with van der Waals surface area (Å²) in [6.45, 7) is 4.02. The van der Waals surface area contributed by atoms with Gasteiger partial charge in [-0.1, -0.05) is 12.1 Å². The average molecular weight is 383 g/mol. The third-order valence-electron chi connectivity index (χ3n) is 5.47. The molecule has 1 atom stereocenters. The number of carbonyl (C=O) groups excluding carboxylic acids is 3. The minimum absolute atomic E-state index is 0.0748. The van der Waals surface area contributed by atoms with Crippen LogP contribution in [0.1, 0.15) is 38.2 Å². The van der Waals surface area contributed by atoms with Crippen LogP contribution in [0.2, 0.25) is 0 Å². The lowest BCUT2D eigenvalue weighted by atomic mass is 10.0. The number of hydrogen-bond acceptors (Lipinski definition) is 5. The molecule has 3 aliphatic rings. The number of carbonyl (C=O) groups is 3. The molecule has 4 rings (SSSR count). The highest BCUT2D eigenvalue weighted by atomic mass is 16.5. The molecule has 0 spiro atoms. The number of hydrogen-bond donors (Lipinski definition) is 1. The Hall–Kier alpha value is -2.67. The lowest BCUT2D eigenvalue weighted by molar-refractivity contribution is -0.139. The summed E-state index contributed by atoms with van der Waals surface area (Å²) in [5, 5.41) is 2.72. The number of imide groups is 1. The zero-order valence-electron chi connectivity index (χ0n) is 16.1. The fraction of sp³-hybridized carbons (Fsp3) is 0.476. The molecule has 2 saturated heterocycles. The minimum Gasteiger partial charge on any atom is -0.376 e. The molecule has 7 heteroatoms. The normalized spacial score (nSPS) is 22.5. The van der Waals surface area contributed by atoms with Gasteiger partial charge in [0.15, 0.2) is 0 Å². The Balaban J connectivity index is 1.66. The SMILES string of the molecule is CC(=O)Nc1ccc(C2=C(N3CCCC3)C(=O)N(CC3CCCO3)C2=O)cc1. The number of rotatable bonds is 5. The fourth-order valence-electron chi connectivity index (χ4n) is 4.14. The van der Waals surface area contributed by atoms with Gasteiger partial charge < -0.3 is 15.0 Å². The second kappa shape index (κ2) is 7.75. The zero-order chi connectivity index (χ0) is 19.7. The van der Waals surface area contributed by atoms with Gasteiger partial charge in [0.05, 0.1) is 18.2 Å². The van der Waals surface area contributed by atoms with Gasteiger partial charge in [0.1, 0.15) is 5.70 Å². The fourth-order valence-corrected chi connectivity index (χ4v) is 4.14. The van der Waals surface area contributed by atoms with Crippen LogP contribution in [-0.4, -0.2) is 59.9 Å². The molecule has 1 unspecified atom stereocenters. The van der Waals surface area contributed by atoms with Crippen molar-refractivity contribution in [2.75, 3.05) is 31.6 Å². The van der Waals surface area contributed by atoms with Crippen molar-refractivity contribution in [3.63, 3.8) is 0 Å². The van der Waals surface area contributed by atoms with E-state index in [4.69, 9.17) is 4.74 Å². The number of likely N-dealkylation sites (tertiary alicyclic amines) is 1. The molecule has 0 radical (unpaired) electrons. The lowest BCUT2D eigenvalue weighted by Gasteiger charge is -2.21. The van der Waals surface area contributed by atoms with Gasteiger partial charge in [-0.05, 0) is 43.4 Å². The van der Waals surface area contributed by atoms with E-state index >= 15 is 0 Å². The molecule has 3 heterocycles.